The lowest BCUT2D eigenvalue weighted by Crippen LogP contribution is -2.17. The first-order valence-electron chi connectivity index (χ1n) is 6.34. The highest BCUT2D eigenvalue weighted by molar-refractivity contribution is 6.17. The summed E-state index contributed by atoms with van der Waals surface area (Å²) in [6, 6.07) is 12.8. The number of hydrogen-bond acceptors (Lipinski definition) is 1. The Hall–Kier alpha value is -1.54. The molecule has 19 heavy (non-hydrogen) atoms. The van der Waals surface area contributed by atoms with E-state index in [1.807, 2.05) is 6.07 Å². The standard InChI is InChI=1S/C16H17ClFN/c1-3-19(15-7-5-14(18)6-8-15)16-9-4-13(11-17)10-12(16)2/h4-10H,3,11H2,1-2H3. The first-order chi connectivity index (χ1) is 9.15. The summed E-state index contributed by atoms with van der Waals surface area (Å²) in [5.74, 6) is 0.304. The number of halogens is 2. The molecule has 0 heterocycles. The number of aryl methyl sites for hydroxylation is 1. The van der Waals surface area contributed by atoms with Gasteiger partial charge in [-0.3, -0.25) is 0 Å². The maximum absolute atomic E-state index is 13.0. The number of alkyl halides is 1. The lowest BCUT2D eigenvalue weighted by molar-refractivity contribution is 0.628. The van der Waals surface area contributed by atoms with Crippen molar-refractivity contribution in [3.63, 3.8) is 0 Å². The molecule has 1 nitrogen and oxygen atoms in total. The topological polar surface area (TPSA) is 3.24 Å². The Morgan fingerprint density at radius 1 is 1.11 bits per heavy atom. The maximum atomic E-state index is 13.0. The van der Waals surface area contributed by atoms with Crippen molar-refractivity contribution >= 4 is 23.0 Å². The summed E-state index contributed by atoms with van der Waals surface area (Å²) >= 11 is 5.84. The number of nitrogens with zero attached hydrogens (tertiary/aromatic N) is 1. The van der Waals surface area contributed by atoms with Crippen molar-refractivity contribution in [2.75, 3.05) is 11.4 Å². The minimum Gasteiger partial charge on any atom is -0.342 e. The molecule has 0 amide bonds. The fraction of sp³-hybridized carbons (Fsp3) is 0.250. The largest absolute Gasteiger partial charge is 0.342 e. The van der Waals surface area contributed by atoms with Crippen LogP contribution in [0.1, 0.15) is 18.1 Å². The van der Waals surface area contributed by atoms with Crippen LogP contribution in [0.25, 0.3) is 0 Å². The van der Waals surface area contributed by atoms with E-state index in [-0.39, 0.29) is 5.82 Å². The van der Waals surface area contributed by atoms with Gasteiger partial charge < -0.3 is 4.90 Å². The average Bonchev–Trinajstić information content (AvgIpc) is 2.43. The molecule has 2 rings (SSSR count). The monoisotopic (exact) mass is 277 g/mol. The van der Waals surface area contributed by atoms with Crippen LogP contribution in [-0.2, 0) is 5.88 Å². The van der Waals surface area contributed by atoms with Gasteiger partial charge in [-0.25, -0.2) is 4.39 Å². The van der Waals surface area contributed by atoms with E-state index < -0.39 is 0 Å². The van der Waals surface area contributed by atoms with Crippen LogP contribution in [0.3, 0.4) is 0 Å². The molecule has 0 N–H and O–H groups in total. The molecule has 0 spiro atoms. The van der Waals surface area contributed by atoms with Crippen LogP contribution in [0.15, 0.2) is 42.5 Å². The third-order valence-electron chi connectivity index (χ3n) is 3.16. The van der Waals surface area contributed by atoms with E-state index in [1.54, 1.807) is 12.1 Å². The fourth-order valence-corrected chi connectivity index (χ4v) is 2.38. The molecule has 0 aliphatic heterocycles. The molecule has 0 aliphatic carbocycles. The van der Waals surface area contributed by atoms with E-state index in [9.17, 15) is 4.39 Å². The molecule has 0 aliphatic rings. The van der Waals surface area contributed by atoms with Crippen LogP contribution in [0.4, 0.5) is 15.8 Å². The average molecular weight is 278 g/mol. The van der Waals surface area contributed by atoms with Gasteiger partial charge in [0.25, 0.3) is 0 Å². The van der Waals surface area contributed by atoms with Crippen LogP contribution >= 0.6 is 11.6 Å². The molecule has 0 radical (unpaired) electrons. The van der Waals surface area contributed by atoms with Crippen LogP contribution in [0.2, 0.25) is 0 Å². The molecule has 0 atom stereocenters. The summed E-state index contributed by atoms with van der Waals surface area (Å²) in [5.41, 5.74) is 4.40. The summed E-state index contributed by atoms with van der Waals surface area (Å²) in [7, 11) is 0. The van der Waals surface area contributed by atoms with Gasteiger partial charge in [0.15, 0.2) is 0 Å². The second-order valence-electron chi connectivity index (χ2n) is 4.48. The zero-order valence-electron chi connectivity index (χ0n) is 11.2. The highest BCUT2D eigenvalue weighted by atomic mass is 35.5. The molecule has 0 aromatic heterocycles. The smallest absolute Gasteiger partial charge is 0.123 e. The quantitative estimate of drug-likeness (QED) is 0.709. The van der Waals surface area contributed by atoms with E-state index in [0.717, 1.165) is 23.5 Å². The van der Waals surface area contributed by atoms with Gasteiger partial charge >= 0.3 is 0 Å². The van der Waals surface area contributed by atoms with Gasteiger partial charge in [0.1, 0.15) is 5.82 Å². The molecule has 2 aromatic carbocycles. The Bertz CT molecular complexity index is 551. The summed E-state index contributed by atoms with van der Waals surface area (Å²) < 4.78 is 13.0. The third kappa shape index (κ3) is 3.07. The van der Waals surface area contributed by atoms with Gasteiger partial charge in [-0.05, 0) is 55.3 Å². The molecule has 0 saturated heterocycles. The van der Waals surface area contributed by atoms with Crippen molar-refractivity contribution in [3.05, 3.63) is 59.4 Å². The molecule has 0 unspecified atom stereocenters. The Balaban J connectivity index is 2.39. The number of anilines is 2. The number of rotatable bonds is 4. The fourth-order valence-electron chi connectivity index (χ4n) is 2.22. The minimum absolute atomic E-state index is 0.214. The van der Waals surface area contributed by atoms with E-state index in [0.29, 0.717) is 5.88 Å². The summed E-state index contributed by atoms with van der Waals surface area (Å²) in [5, 5.41) is 0. The predicted molar refractivity (Wildman–Crippen MR) is 79.8 cm³/mol. The van der Waals surface area contributed by atoms with Crippen molar-refractivity contribution in [2.24, 2.45) is 0 Å². The Kier molecular flexibility index (Phi) is 4.43. The van der Waals surface area contributed by atoms with Gasteiger partial charge in [-0.15, -0.1) is 11.6 Å². The van der Waals surface area contributed by atoms with E-state index in [1.165, 1.54) is 17.7 Å². The first-order valence-corrected chi connectivity index (χ1v) is 6.87. The molecule has 0 fully saturated rings. The number of benzene rings is 2. The molecule has 2 aromatic rings. The summed E-state index contributed by atoms with van der Waals surface area (Å²) in [6.45, 7) is 4.97. The predicted octanol–water partition coefficient (Wildman–Crippen LogP) is 5.03. The molecule has 0 saturated carbocycles. The molecular weight excluding hydrogens is 261 g/mol. The summed E-state index contributed by atoms with van der Waals surface area (Å²) in [6.07, 6.45) is 0. The lowest BCUT2D eigenvalue weighted by Gasteiger charge is -2.25. The zero-order valence-corrected chi connectivity index (χ0v) is 11.9. The normalized spacial score (nSPS) is 10.5. The van der Waals surface area contributed by atoms with Crippen LogP contribution < -0.4 is 4.90 Å². The highest BCUT2D eigenvalue weighted by Crippen LogP contribution is 2.29. The van der Waals surface area contributed by atoms with Crippen molar-refractivity contribution in [3.8, 4) is 0 Å². The van der Waals surface area contributed by atoms with Gasteiger partial charge in [0, 0.05) is 23.8 Å². The van der Waals surface area contributed by atoms with Crippen molar-refractivity contribution < 1.29 is 4.39 Å². The van der Waals surface area contributed by atoms with Gasteiger partial charge in [0.05, 0.1) is 0 Å². The second-order valence-corrected chi connectivity index (χ2v) is 4.74. The Labute approximate surface area is 118 Å². The van der Waals surface area contributed by atoms with Gasteiger partial charge in [-0.2, -0.15) is 0 Å². The first kappa shape index (κ1) is 13.9. The Morgan fingerprint density at radius 3 is 2.32 bits per heavy atom. The second kappa shape index (κ2) is 6.07. The van der Waals surface area contributed by atoms with E-state index >= 15 is 0 Å². The lowest BCUT2D eigenvalue weighted by atomic mass is 10.1. The highest BCUT2D eigenvalue weighted by Gasteiger charge is 2.10. The van der Waals surface area contributed by atoms with Crippen molar-refractivity contribution in [1.29, 1.82) is 0 Å². The van der Waals surface area contributed by atoms with Gasteiger partial charge in [-0.1, -0.05) is 12.1 Å². The molecular formula is C16H17ClFN. The van der Waals surface area contributed by atoms with Crippen molar-refractivity contribution in [2.45, 2.75) is 19.7 Å². The SMILES string of the molecule is CCN(c1ccc(F)cc1)c1ccc(CCl)cc1C. The maximum Gasteiger partial charge on any atom is 0.123 e. The summed E-state index contributed by atoms with van der Waals surface area (Å²) in [4.78, 5) is 2.16. The van der Waals surface area contributed by atoms with Crippen LogP contribution in [-0.4, -0.2) is 6.54 Å². The van der Waals surface area contributed by atoms with Crippen LogP contribution in [0, 0.1) is 12.7 Å². The third-order valence-corrected chi connectivity index (χ3v) is 3.47. The molecule has 0 bridgehead atoms. The number of hydrogen-bond donors (Lipinski definition) is 0. The van der Waals surface area contributed by atoms with E-state index in [4.69, 9.17) is 11.6 Å². The van der Waals surface area contributed by atoms with E-state index in [2.05, 4.69) is 30.9 Å². The molecule has 3 heteroatoms. The Morgan fingerprint density at radius 2 is 1.79 bits per heavy atom. The zero-order chi connectivity index (χ0) is 13.8. The van der Waals surface area contributed by atoms with Gasteiger partial charge in [0.2, 0.25) is 0 Å². The van der Waals surface area contributed by atoms with Crippen molar-refractivity contribution in [1.82, 2.24) is 0 Å². The molecule has 100 valence electrons. The minimum atomic E-state index is -0.214. The van der Waals surface area contributed by atoms with Crippen LogP contribution in [0.5, 0.6) is 0 Å².